The summed E-state index contributed by atoms with van der Waals surface area (Å²) >= 11 is 0. The molecule has 2 N–H and O–H groups in total. The van der Waals surface area contributed by atoms with E-state index in [-0.39, 0.29) is 11.9 Å². The number of nitrogens with two attached hydrogens (primary N) is 1. The van der Waals surface area contributed by atoms with Crippen LogP contribution >= 0.6 is 0 Å². The summed E-state index contributed by atoms with van der Waals surface area (Å²) in [6.45, 7) is 3.09. The summed E-state index contributed by atoms with van der Waals surface area (Å²) in [5.41, 5.74) is 6.69. The predicted molar refractivity (Wildman–Crippen MR) is 78.7 cm³/mol. The fraction of sp³-hybridized carbons (Fsp3) is 0.667. The van der Waals surface area contributed by atoms with Crippen LogP contribution < -0.4 is 5.73 Å². The van der Waals surface area contributed by atoms with Crippen LogP contribution in [0.1, 0.15) is 35.8 Å². The smallest absolute Gasteiger partial charge is 0.270 e. The summed E-state index contributed by atoms with van der Waals surface area (Å²) in [6, 6.07) is 4.59. The molecule has 1 aromatic heterocycles. The average molecular weight is 276 g/mol. The molecule has 0 aromatic carbocycles. The topological polar surface area (TPSA) is 54.5 Å². The highest BCUT2D eigenvalue weighted by Gasteiger charge is 2.31. The van der Waals surface area contributed by atoms with E-state index in [0.717, 1.165) is 25.3 Å². The molecular formula is C15H24N4O. The number of aromatic nitrogens is 1. The minimum Gasteiger partial charge on any atom is -0.340 e. The van der Waals surface area contributed by atoms with E-state index < -0.39 is 0 Å². The Balaban J connectivity index is 1.79. The zero-order valence-corrected chi connectivity index (χ0v) is 12.2. The Morgan fingerprint density at radius 2 is 2.20 bits per heavy atom. The van der Waals surface area contributed by atoms with E-state index >= 15 is 0 Å². The highest BCUT2D eigenvalue weighted by atomic mass is 16.2. The van der Waals surface area contributed by atoms with E-state index in [2.05, 4.69) is 16.5 Å². The van der Waals surface area contributed by atoms with Crippen molar-refractivity contribution in [1.82, 2.24) is 14.4 Å². The zero-order chi connectivity index (χ0) is 14.1. The van der Waals surface area contributed by atoms with Crippen LogP contribution in [0.15, 0.2) is 18.3 Å². The average Bonchev–Trinajstić information content (AvgIpc) is 2.84. The molecule has 20 heavy (non-hydrogen) atoms. The van der Waals surface area contributed by atoms with Crippen molar-refractivity contribution < 1.29 is 4.79 Å². The summed E-state index contributed by atoms with van der Waals surface area (Å²) in [5, 5.41) is 0. The third kappa shape index (κ3) is 2.36. The largest absolute Gasteiger partial charge is 0.340 e. The van der Waals surface area contributed by atoms with Crippen LogP contribution in [0.4, 0.5) is 0 Å². The summed E-state index contributed by atoms with van der Waals surface area (Å²) in [7, 11) is 2.08. The van der Waals surface area contributed by atoms with E-state index in [1.165, 1.54) is 19.3 Å². The van der Waals surface area contributed by atoms with E-state index in [0.29, 0.717) is 12.6 Å². The standard InChI is InChI=1S/C15H24N4O/c1-17-8-9-19(13(10-16)11-17)15(20)14-6-3-7-18(14)12-4-2-5-12/h3,6-7,12-13H,2,4-5,8-11,16H2,1H3. The van der Waals surface area contributed by atoms with Crippen LogP contribution in [0.25, 0.3) is 0 Å². The molecule has 5 heteroatoms. The molecule has 2 heterocycles. The number of likely N-dealkylation sites (N-methyl/N-ethyl adjacent to an activating group) is 1. The fourth-order valence-corrected chi connectivity index (χ4v) is 3.19. The van der Waals surface area contributed by atoms with Crippen molar-refractivity contribution in [3.63, 3.8) is 0 Å². The van der Waals surface area contributed by atoms with Crippen molar-refractivity contribution in [3.8, 4) is 0 Å². The van der Waals surface area contributed by atoms with Gasteiger partial charge in [-0.05, 0) is 38.4 Å². The lowest BCUT2D eigenvalue weighted by atomic mass is 9.92. The second-order valence-corrected chi connectivity index (χ2v) is 6.04. The molecule has 1 aliphatic carbocycles. The third-order valence-electron chi connectivity index (χ3n) is 4.68. The number of nitrogens with zero attached hydrogens (tertiary/aromatic N) is 3. The Bertz CT molecular complexity index is 480. The first-order valence-electron chi connectivity index (χ1n) is 7.57. The van der Waals surface area contributed by atoms with Gasteiger partial charge in [0.1, 0.15) is 5.69 Å². The molecule has 1 unspecified atom stereocenters. The summed E-state index contributed by atoms with van der Waals surface area (Å²) < 4.78 is 2.16. The van der Waals surface area contributed by atoms with Crippen LogP contribution in [-0.2, 0) is 0 Å². The first-order chi connectivity index (χ1) is 9.70. The quantitative estimate of drug-likeness (QED) is 0.893. The molecule has 1 aliphatic heterocycles. The third-order valence-corrected chi connectivity index (χ3v) is 4.68. The molecular weight excluding hydrogens is 252 g/mol. The van der Waals surface area contributed by atoms with Crippen molar-refractivity contribution in [2.45, 2.75) is 31.3 Å². The van der Waals surface area contributed by atoms with E-state index in [1.54, 1.807) is 0 Å². The molecule has 1 saturated carbocycles. The van der Waals surface area contributed by atoms with Gasteiger partial charge in [-0.2, -0.15) is 0 Å². The first-order valence-corrected chi connectivity index (χ1v) is 7.57. The highest BCUT2D eigenvalue weighted by Crippen LogP contribution is 2.33. The van der Waals surface area contributed by atoms with Gasteiger partial charge >= 0.3 is 0 Å². The lowest BCUT2D eigenvalue weighted by Crippen LogP contribution is -2.57. The number of carbonyl (C=O) groups excluding carboxylic acids is 1. The molecule has 110 valence electrons. The van der Waals surface area contributed by atoms with E-state index in [1.807, 2.05) is 23.2 Å². The lowest BCUT2D eigenvalue weighted by molar-refractivity contribution is 0.0500. The van der Waals surface area contributed by atoms with Crippen molar-refractivity contribution in [2.75, 3.05) is 33.2 Å². The second-order valence-electron chi connectivity index (χ2n) is 6.04. The number of hydrogen-bond acceptors (Lipinski definition) is 3. The lowest BCUT2D eigenvalue weighted by Gasteiger charge is -2.40. The summed E-state index contributed by atoms with van der Waals surface area (Å²) in [6.07, 6.45) is 5.71. The Hall–Kier alpha value is -1.33. The van der Waals surface area contributed by atoms with Gasteiger partial charge < -0.3 is 20.1 Å². The van der Waals surface area contributed by atoms with Gasteiger partial charge in [0.15, 0.2) is 0 Å². The summed E-state index contributed by atoms with van der Waals surface area (Å²) in [5.74, 6) is 0.144. The second kappa shape index (κ2) is 5.58. The van der Waals surface area contributed by atoms with Crippen LogP contribution in [0.5, 0.6) is 0 Å². The van der Waals surface area contributed by atoms with Gasteiger partial charge in [0.2, 0.25) is 0 Å². The molecule has 0 bridgehead atoms. The number of carbonyl (C=O) groups is 1. The molecule has 0 spiro atoms. The molecule has 0 radical (unpaired) electrons. The maximum Gasteiger partial charge on any atom is 0.270 e. The van der Waals surface area contributed by atoms with Crippen LogP contribution in [0.2, 0.25) is 0 Å². The van der Waals surface area contributed by atoms with Crippen LogP contribution in [0, 0.1) is 0 Å². The minimum absolute atomic E-state index is 0.131. The van der Waals surface area contributed by atoms with Gasteiger partial charge in [-0.3, -0.25) is 4.79 Å². The monoisotopic (exact) mass is 276 g/mol. The van der Waals surface area contributed by atoms with Gasteiger partial charge in [-0.25, -0.2) is 0 Å². The molecule has 2 fully saturated rings. The number of piperazine rings is 1. The molecule has 5 nitrogen and oxygen atoms in total. The van der Waals surface area contributed by atoms with Crippen molar-refractivity contribution >= 4 is 5.91 Å². The van der Waals surface area contributed by atoms with Crippen molar-refractivity contribution in [3.05, 3.63) is 24.0 Å². The van der Waals surface area contributed by atoms with E-state index in [9.17, 15) is 4.79 Å². The molecule has 3 rings (SSSR count). The van der Waals surface area contributed by atoms with Gasteiger partial charge in [-0.15, -0.1) is 0 Å². The van der Waals surface area contributed by atoms with Gasteiger partial charge in [-0.1, -0.05) is 0 Å². The normalized spacial score (nSPS) is 24.7. The SMILES string of the molecule is CN1CCN(C(=O)c2cccn2C2CCC2)C(CN)C1. The molecule has 2 aliphatic rings. The Morgan fingerprint density at radius 1 is 1.40 bits per heavy atom. The van der Waals surface area contributed by atoms with Crippen molar-refractivity contribution in [2.24, 2.45) is 5.73 Å². The van der Waals surface area contributed by atoms with Gasteiger partial charge in [0.25, 0.3) is 5.91 Å². The summed E-state index contributed by atoms with van der Waals surface area (Å²) in [4.78, 5) is 17.0. The Morgan fingerprint density at radius 3 is 2.85 bits per heavy atom. The maximum atomic E-state index is 12.8. The molecule has 1 aromatic rings. The van der Waals surface area contributed by atoms with Crippen molar-refractivity contribution in [1.29, 1.82) is 0 Å². The zero-order valence-electron chi connectivity index (χ0n) is 12.2. The minimum atomic E-state index is 0.131. The highest BCUT2D eigenvalue weighted by molar-refractivity contribution is 5.93. The van der Waals surface area contributed by atoms with Crippen LogP contribution in [-0.4, -0.2) is 59.5 Å². The first kappa shape index (κ1) is 13.6. The Labute approximate surface area is 120 Å². The fourth-order valence-electron chi connectivity index (χ4n) is 3.19. The molecule has 1 amide bonds. The number of hydrogen-bond donors (Lipinski definition) is 1. The van der Waals surface area contributed by atoms with E-state index in [4.69, 9.17) is 5.73 Å². The number of amides is 1. The molecule has 1 saturated heterocycles. The van der Waals surface area contributed by atoms with Gasteiger partial charge in [0.05, 0.1) is 6.04 Å². The Kier molecular flexibility index (Phi) is 3.81. The van der Waals surface area contributed by atoms with Gasteiger partial charge in [0, 0.05) is 38.4 Å². The van der Waals surface area contributed by atoms with Crippen LogP contribution in [0.3, 0.4) is 0 Å². The molecule has 1 atom stereocenters. The number of rotatable bonds is 3. The predicted octanol–water partition coefficient (Wildman–Crippen LogP) is 0.928. The maximum absolute atomic E-state index is 12.8.